The van der Waals surface area contributed by atoms with Crippen LogP contribution in [-0.4, -0.2) is 43.7 Å². The minimum atomic E-state index is -2.80. The molecule has 0 aliphatic carbocycles. The second-order valence-corrected chi connectivity index (χ2v) is 5.90. The average Bonchev–Trinajstić information content (AvgIpc) is 2.23. The molecule has 1 rings (SSSR count). The van der Waals surface area contributed by atoms with Crippen molar-refractivity contribution in [2.45, 2.75) is 18.9 Å². The lowest BCUT2D eigenvalue weighted by Crippen LogP contribution is -2.97. The normalized spacial score (nSPS) is 33.8. The molecule has 0 aromatic rings. The Morgan fingerprint density at radius 2 is 2.25 bits per heavy atom. The number of quaternary nitrogens is 1. The lowest BCUT2D eigenvalue weighted by Gasteiger charge is -2.19. The molecule has 0 amide bonds. The Labute approximate surface area is 72.9 Å². The van der Waals surface area contributed by atoms with Gasteiger partial charge in [0.05, 0.1) is 18.9 Å². The Kier molecular flexibility index (Phi) is 2.75. The molecular weight excluding hydrogens is 178 g/mol. The van der Waals surface area contributed by atoms with Gasteiger partial charge in [-0.3, -0.25) is 0 Å². The summed E-state index contributed by atoms with van der Waals surface area (Å²) in [6.45, 7) is 2.63. The number of hydrogen-bond donors (Lipinski definition) is 2. The van der Waals surface area contributed by atoms with E-state index in [1.54, 1.807) is 0 Å². The molecule has 1 heterocycles. The van der Waals surface area contributed by atoms with Crippen molar-refractivity contribution in [1.82, 2.24) is 0 Å². The summed E-state index contributed by atoms with van der Waals surface area (Å²) in [6.07, 6.45) is 0.704. The molecule has 72 valence electrons. The van der Waals surface area contributed by atoms with Gasteiger partial charge in [0.25, 0.3) is 0 Å². The maximum atomic E-state index is 11.1. The maximum Gasteiger partial charge on any atom is 0.156 e. The minimum absolute atomic E-state index is 0.107. The monoisotopic (exact) mass is 194 g/mol. The van der Waals surface area contributed by atoms with E-state index in [0.717, 1.165) is 0 Å². The van der Waals surface area contributed by atoms with Gasteiger partial charge in [0, 0.05) is 6.42 Å². The Morgan fingerprint density at radius 3 is 2.67 bits per heavy atom. The molecular formula is C7H16NO3S+. The summed E-state index contributed by atoms with van der Waals surface area (Å²) < 4.78 is 22.3. The maximum absolute atomic E-state index is 11.1. The highest BCUT2D eigenvalue weighted by atomic mass is 32.2. The van der Waals surface area contributed by atoms with Crippen molar-refractivity contribution < 1.29 is 18.8 Å². The van der Waals surface area contributed by atoms with E-state index in [2.05, 4.69) is 0 Å². The predicted molar refractivity (Wildman–Crippen MR) is 45.6 cm³/mol. The summed E-state index contributed by atoms with van der Waals surface area (Å²) >= 11 is 0. The van der Waals surface area contributed by atoms with Gasteiger partial charge in [0.15, 0.2) is 9.84 Å². The largest absolute Gasteiger partial charge is 0.391 e. The topological polar surface area (TPSA) is 71.0 Å². The lowest BCUT2D eigenvalue weighted by atomic mass is 10.0. The third-order valence-corrected chi connectivity index (χ3v) is 4.23. The first-order chi connectivity index (χ1) is 5.47. The molecule has 0 saturated carbocycles. The van der Waals surface area contributed by atoms with Crippen LogP contribution in [0.4, 0.5) is 0 Å². The van der Waals surface area contributed by atoms with Crippen LogP contribution in [0.2, 0.25) is 0 Å². The summed E-state index contributed by atoms with van der Waals surface area (Å²) in [7, 11) is -2.80. The van der Waals surface area contributed by atoms with E-state index in [1.807, 2.05) is 12.2 Å². The van der Waals surface area contributed by atoms with Crippen LogP contribution in [0.15, 0.2) is 0 Å². The Morgan fingerprint density at radius 1 is 1.58 bits per heavy atom. The zero-order valence-electron chi connectivity index (χ0n) is 7.28. The molecule has 0 radical (unpaired) electrons. The van der Waals surface area contributed by atoms with Gasteiger partial charge < -0.3 is 10.4 Å². The van der Waals surface area contributed by atoms with Crippen LogP contribution < -0.4 is 5.32 Å². The van der Waals surface area contributed by atoms with Crippen LogP contribution in [0, 0.1) is 0 Å². The summed E-state index contributed by atoms with van der Waals surface area (Å²) in [4.78, 5) is 0. The first kappa shape index (κ1) is 9.95. The van der Waals surface area contributed by atoms with Crippen LogP contribution in [-0.2, 0) is 9.84 Å². The SMILES string of the molecule is C[C@]1([NH2+]CCO)CCS(=O)(=O)C1. The van der Waals surface area contributed by atoms with E-state index in [0.29, 0.717) is 18.7 Å². The van der Waals surface area contributed by atoms with Crippen LogP contribution in [0.25, 0.3) is 0 Å². The van der Waals surface area contributed by atoms with Gasteiger partial charge in [-0.2, -0.15) is 0 Å². The number of nitrogens with two attached hydrogens (primary N) is 1. The predicted octanol–water partition coefficient (Wildman–Crippen LogP) is -1.88. The molecule has 4 nitrogen and oxygen atoms in total. The van der Waals surface area contributed by atoms with Gasteiger partial charge in [-0.05, 0) is 6.92 Å². The zero-order valence-corrected chi connectivity index (χ0v) is 8.10. The Bertz CT molecular complexity index is 249. The molecule has 3 N–H and O–H groups in total. The third kappa shape index (κ3) is 2.43. The lowest BCUT2D eigenvalue weighted by molar-refractivity contribution is -0.719. The minimum Gasteiger partial charge on any atom is -0.391 e. The van der Waals surface area contributed by atoms with E-state index in [1.165, 1.54) is 0 Å². The standard InChI is InChI=1S/C7H15NO3S/c1-7(8-3-4-9)2-5-12(10,11)6-7/h8-9H,2-6H2,1H3/p+1/t7-/m0/s1. The third-order valence-electron chi connectivity index (χ3n) is 2.30. The van der Waals surface area contributed by atoms with Crippen molar-refractivity contribution in [3.8, 4) is 0 Å². The second kappa shape index (κ2) is 3.32. The summed E-state index contributed by atoms with van der Waals surface area (Å²) in [6, 6.07) is 0. The molecule has 1 atom stereocenters. The van der Waals surface area contributed by atoms with Crippen molar-refractivity contribution in [2.75, 3.05) is 24.7 Å². The first-order valence-corrected chi connectivity index (χ1v) is 5.95. The second-order valence-electron chi connectivity index (χ2n) is 3.71. The highest BCUT2D eigenvalue weighted by Gasteiger charge is 2.41. The average molecular weight is 194 g/mol. The summed E-state index contributed by atoms with van der Waals surface area (Å²) in [5.41, 5.74) is -0.193. The van der Waals surface area contributed by atoms with Crippen LogP contribution in [0.3, 0.4) is 0 Å². The molecule has 1 fully saturated rings. The summed E-state index contributed by atoms with van der Waals surface area (Å²) in [5, 5.41) is 10.5. The van der Waals surface area contributed by atoms with E-state index in [4.69, 9.17) is 5.11 Å². The van der Waals surface area contributed by atoms with E-state index in [9.17, 15) is 8.42 Å². The molecule has 0 unspecified atom stereocenters. The fourth-order valence-corrected chi connectivity index (χ4v) is 3.80. The van der Waals surface area contributed by atoms with Gasteiger partial charge in [-0.25, -0.2) is 8.42 Å². The number of hydrogen-bond acceptors (Lipinski definition) is 3. The van der Waals surface area contributed by atoms with E-state index in [-0.39, 0.29) is 17.9 Å². The molecule has 0 aromatic carbocycles. The fraction of sp³-hybridized carbons (Fsp3) is 1.00. The van der Waals surface area contributed by atoms with Gasteiger partial charge in [0.1, 0.15) is 11.3 Å². The molecule has 0 spiro atoms. The van der Waals surface area contributed by atoms with Crippen LogP contribution in [0.1, 0.15) is 13.3 Å². The van der Waals surface area contributed by atoms with Gasteiger partial charge in [0.2, 0.25) is 0 Å². The van der Waals surface area contributed by atoms with Crippen molar-refractivity contribution >= 4 is 9.84 Å². The van der Waals surface area contributed by atoms with Crippen LogP contribution in [0.5, 0.6) is 0 Å². The van der Waals surface area contributed by atoms with Crippen molar-refractivity contribution in [3.05, 3.63) is 0 Å². The Balaban J connectivity index is 2.53. The van der Waals surface area contributed by atoms with Crippen LogP contribution >= 0.6 is 0 Å². The Hall–Kier alpha value is -0.130. The molecule has 1 aliphatic rings. The molecule has 5 heteroatoms. The van der Waals surface area contributed by atoms with E-state index < -0.39 is 9.84 Å². The first-order valence-electron chi connectivity index (χ1n) is 4.13. The van der Waals surface area contributed by atoms with Crippen molar-refractivity contribution in [1.29, 1.82) is 0 Å². The molecule has 1 saturated heterocycles. The smallest absolute Gasteiger partial charge is 0.156 e. The molecule has 0 bridgehead atoms. The summed E-state index contributed by atoms with van der Waals surface area (Å²) in [5.74, 6) is 0.547. The van der Waals surface area contributed by atoms with E-state index >= 15 is 0 Å². The number of aliphatic hydroxyl groups is 1. The fourth-order valence-electron chi connectivity index (χ4n) is 1.61. The van der Waals surface area contributed by atoms with Crippen molar-refractivity contribution in [2.24, 2.45) is 0 Å². The van der Waals surface area contributed by atoms with Gasteiger partial charge in [-0.15, -0.1) is 0 Å². The van der Waals surface area contributed by atoms with Crippen molar-refractivity contribution in [3.63, 3.8) is 0 Å². The number of aliphatic hydroxyl groups excluding tert-OH is 1. The van der Waals surface area contributed by atoms with Gasteiger partial charge in [-0.1, -0.05) is 0 Å². The molecule has 12 heavy (non-hydrogen) atoms. The highest BCUT2D eigenvalue weighted by molar-refractivity contribution is 7.91. The number of rotatable bonds is 3. The number of sulfone groups is 1. The highest BCUT2D eigenvalue weighted by Crippen LogP contribution is 2.18. The quantitative estimate of drug-likeness (QED) is 0.552. The molecule has 1 aliphatic heterocycles. The molecule has 0 aromatic heterocycles. The van der Waals surface area contributed by atoms with Gasteiger partial charge >= 0.3 is 0 Å². The zero-order chi connectivity index (χ0) is 9.24.